The third kappa shape index (κ3) is 5.20. The van der Waals surface area contributed by atoms with Gasteiger partial charge in [-0.2, -0.15) is 0 Å². The number of para-hydroxylation sites is 2. The van der Waals surface area contributed by atoms with E-state index in [1.807, 2.05) is 6.07 Å². The molecule has 1 aliphatic carbocycles. The fourth-order valence-electron chi connectivity index (χ4n) is 9.85. The SMILES string of the molecule is CC1(C)c2ccc(N(c3ccc(-c4cccc5c4oc4ccccc45)cc3)c3ccc4ccccc4c3-c3ccc4ccccc4c3)cc2-c2cc3ccccc3cc21. The number of benzene rings is 10. The minimum Gasteiger partial charge on any atom is -0.455 e. The fraction of sp³-hybridized carbons (Fsp3) is 0.0526. The minimum atomic E-state index is -0.128. The van der Waals surface area contributed by atoms with Crippen molar-refractivity contribution in [1.29, 1.82) is 0 Å². The summed E-state index contributed by atoms with van der Waals surface area (Å²) in [6.45, 7) is 4.73. The zero-order valence-corrected chi connectivity index (χ0v) is 32.9. The molecule has 278 valence electrons. The highest BCUT2D eigenvalue weighted by molar-refractivity contribution is 6.10. The molecule has 0 radical (unpaired) electrons. The van der Waals surface area contributed by atoms with Gasteiger partial charge in [0, 0.05) is 38.7 Å². The van der Waals surface area contributed by atoms with E-state index >= 15 is 0 Å². The molecule has 0 saturated carbocycles. The molecule has 1 aromatic heterocycles. The summed E-state index contributed by atoms with van der Waals surface area (Å²) in [5.74, 6) is 0. The summed E-state index contributed by atoms with van der Waals surface area (Å²) in [6.07, 6.45) is 0. The number of rotatable bonds is 5. The third-order valence-electron chi connectivity index (χ3n) is 12.8. The standard InChI is InChI=1S/C57H39NO/c1-57(2)51-30-29-44(35-50(51)49-33-40-15-5-6-16-41(40)34-52(49)57)58(43-27-24-38(25-28-43)46-19-11-20-48-47-18-9-10-21-54(47)59-56(46)48)53-31-26-37-13-7-8-17-45(37)55(53)42-23-22-36-12-3-4-14-39(36)32-42/h3-35H,1-2H3. The molecule has 1 aliphatic rings. The number of anilines is 3. The van der Waals surface area contributed by atoms with Gasteiger partial charge < -0.3 is 9.32 Å². The Morgan fingerprint density at radius 3 is 1.81 bits per heavy atom. The summed E-state index contributed by atoms with van der Waals surface area (Å²) in [5.41, 5.74) is 14.9. The van der Waals surface area contributed by atoms with Gasteiger partial charge in [-0.15, -0.1) is 0 Å². The summed E-state index contributed by atoms with van der Waals surface area (Å²) < 4.78 is 6.49. The molecule has 2 heteroatoms. The van der Waals surface area contributed by atoms with Crippen LogP contribution in [-0.4, -0.2) is 0 Å². The van der Waals surface area contributed by atoms with Crippen molar-refractivity contribution in [2.45, 2.75) is 19.3 Å². The largest absolute Gasteiger partial charge is 0.455 e. The van der Waals surface area contributed by atoms with Gasteiger partial charge in [0.2, 0.25) is 0 Å². The van der Waals surface area contributed by atoms with Gasteiger partial charge in [-0.25, -0.2) is 0 Å². The number of furan rings is 1. The van der Waals surface area contributed by atoms with E-state index < -0.39 is 0 Å². The Hall–Kier alpha value is -7.42. The van der Waals surface area contributed by atoms with Crippen LogP contribution in [0.5, 0.6) is 0 Å². The molecule has 2 nitrogen and oxygen atoms in total. The van der Waals surface area contributed by atoms with E-state index in [1.165, 1.54) is 65.7 Å². The van der Waals surface area contributed by atoms with Gasteiger partial charge in [-0.1, -0.05) is 159 Å². The lowest BCUT2D eigenvalue weighted by Gasteiger charge is -2.30. The molecular weight excluding hydrogens is 715 g/mol. The lowest BCUT2D eigenvalue weighted by molar-refractivity contribution is 0.661. The quantitative estimate of drug-likeness (QED) is 0.174. The van der Waals surface area contributed by atoms with Crippen LogP contribution in [-0.2, 0) is 5.41 Å². The van der Waals surface area contributed by atoms with Gasteiger partial charge in [0.1, 0.15) is 11.2 Å². The molecule has 0 amide bonds. The summed E-state index contributed by atoms with van der Waals surface area (Å²) in [4.78, 5) is 2.47. The van der Waals surface area contributed by atoms with Crippen LogP contribution >= 0.6 is 0 Å². The first kappa shape index (κ1) is 33.7. The Morgan fingerprint density at radius 2 is 1.00 bits per heavy atom. The van der Waals surface area contributed by atoms with E-state index in [-0.39, 0.29) is 5.41 Å². The highest BCUT2D eigenvalue weighted by atomic mass is 16.3. The second kappa shape index (κ2) is 12.8. The molecule has 10 aromatic carbocycles. The number of hydrogen-bond acceptors (Lipinski definition) is 2. The first-order chi connectivity index (χ1) is 29.0. The predicted molar refractivity (Wildman–Crippen MR) is 249 cm³/mol. The van der Waals surface area contributed by atoms with Gasteiger partial charge in [0.15, 0.2) is 0 Å². The second-order valence-electron chi connectivity index (χ2n) is 16.5. The predicted octanol–water partition coefficient (Wildman–Crippen LogP) is 16.2. The average Bonchev–Trinajstić information content (AvgIpc) is 3.77. The van der Waals surface area contributed by atoms with Crippen molar-refractivity contribution < 1.29 is 4.42 Å². The van der Waals surface area contributed by atoms with Gasteiger partial charge in [0.25, 0.3) is 0 Å². The topological polar surface area (TPSA) is 16.4 Å². The van der Waals surface area contributed by atoms with E-state index in [0.29, 0.717) is 0 Å². The van der Waals surface area contributed by atoms with Crippen LogP contribution in [0.1, 0.15) is 25.0 Å². The molecule has 1 heterocycles. The van der Waals surface area contributed by atoms with E-state index in [9.17, 15) is 0 Å². The minimum absolute atomic E-state index is 0.128. The molecule has 0 aliphatic heterocycles. The van der Waals surface area contributed by atoms with Crippen LogP contribution in [0.15, 0.2) is 205 Å². The molecule has 0 fully saturated rings. The molecule has 0 atom stereocenters. The van der Waals surface area contributed by atoms with Crippen molar-refractivity contribution in [3.05, 3.63) is 211 Å². The van der Waals surface area contributed by atoms with E-state index in [4.69, 9.17) is 4.42 Å². The molecule has 0 N–H and O–H groups in total. The highest BCUT2D eigenvalue weighted by Gasteiger charge is 2.36. The number of nitrogens with zero attached hydrogens (tertiary/aromatic N) is 1. The van der Waals surface area contributed by atoms with Gasteiger partial charge in [-0.05, 0) is 120 Å². The summed E-state index contributed by atoms with van der Waals surface area (Å²) in [7, 11) is 0. The Balaban J connectivity index is 1.09. The molecule has 0 spiro atoms. The smallest absolute Gasteiger partial charge is 0.143 e. The first-order valence-corrected chi connectivity index (χ1v) is 20.5. The van der Waals surface area contributed by atoms with Crippen molar-refractivity contribution in [3.63, 3.8) is 0 Å². The van der Waals surface area contributed by atoms with Crippen LogP contribution in [0.4, 0.5) is 17.1 Å². The van der Waals surface area contributed by atoms with Crippen LogP contribution in [0.3, 0.4) is 0 Å². The Labute approximate surface area is 343 Å². The maximum Gasteiger partial charge on any atom is 0.143 e. The molecular formula is C57H39NO. The fourth-order valence-corrected chi connectivity index (χ4v) is 9.85. The third-order valence-corrected chi connectivity index (χ3v) is 12.8. The van der Waals surface area contributed by atoms with Crippen molar-refractivity contribution in [2.75, 3.05) is 4.90 Å². The van der Waals surface area contributed by atoms with Gasteiger partial charge in [0.05, 0.1) is 5.69 Å². The maximum atomic E-state index is 6.49. The Bertz CT molecular complexity index is 3480. The first-order valence-electron chi connectivity index (χ1n) is 20.5. The van der Waals surface area contributed by atoms with Gasteiger partial charge in [-0.3, -0.25) is 0 Å². The van der Waals surface area contributed by atoms with Crippen molar-refractivity contribution >= 4 is 71.3 Å². The van der Waals surface area contributed by atoms with E-state index in [2.05, 4.69) is 213 Å². The lowest BCUT2D eigenvalue weighted by atomic mass is 9.82. The van der Waals surface area contributed by atoms with E-state index in [0.717, 1.165) is 50.1 Å². The Morgan fingerprint density at radius 1 is 0.390 bits per heavy atom. The van der Waals surface area contributed by atoms with Crippen molar-refractivity contribution in [2.24, 2.45) is 0 Å². The van der Waals surface area contributed by atoms with Crippen molar-refractivity contribution in [3.8, 4) is 33.4 Å². The lowest BCUT2D eigenvalue weighted by Crippen LogP contribution is -2.15. The zero-order valence-electron chi connectivity index (χ0n) is 32.9. The maximum absolute atomic E-state index is 6.49. The molecule has 0 bridgehead atoms. The molecule has 12 rings (SSSR count). The average molecular weight is 754 g/mol. The summed E-state index contributed by atoms with van der Waals surface area (Å²) in [5, 5.41) is 9.71. The van der Waals surface area contributed by atoms with Gasteiger partial charge >= 0.3 is 0 Å². The zero-order chi connectivity index (χ0) is 39.2. The molecule has 0 saturated heterocycles. The highest BCUT2D eigenvalue weighted by Crippen LogP contribution is 2.53. The molecule has 59 heavy (non-hydrogen) atoms. The number of fused-ring (bicyclic) bond motifs is 9. The van der Waals surface area contributed by atoms with Crippen molar-refractivity contribution in [1.82, 2.24) is 0 Å². The molecule has 0 unspecified atom stereocenters. The summed E-state index contributed by atoms with van der Waals surface area (Å²) >= 11 is 0. The summed E-state index contributed by atoms with van der Waals surface area (Å²) in [6, 6.07) is 73.4. The van der Waals surface area contributed by atoms with Crippen LogP contribution in [0.25, 0.3) is 87.6 Å². The second-order valence-corrected chi connectivity index (χ2v) is 16.5. The Kier molecular flexibility index (Phi) is 7.31. The number of hydrogen-bond donors (Lipinski definition) is 0. The van der Waals surface area contributed by atoms with Crippen LogP contribution in [0, 0.1) is 0 Å². The van der Waals surface area contributed by atoms with Crippen LogP contribution < -0.4 is 4.90 Å². The molecule has 11 aromatic rings. The van der Waals surface area contributed by atoms with Crippen LogP contribution in [0.2, 0.25) is 0 Å². The normalized spacial score (nSPS) is 13.1. The van der Waals surface area contributed by atoms with E-state index in [1.54, 1.807) is 0 Å². The monoisotopic (exact) mass is 753 g/mol.